The van der Waals surface area contributed by atoms with E-state index in [2.05, 4.69) is 15.5 Å². The highest BCUT2D eigenvalue weighted by atomic mass is 35.5. The highest BCUT2D eigenvalue weighted by Crippen LogP contribution is 2.32. The number of carbonyl (C=O) groups is 1. The summed E-state index contributed by atoms with van der Waals surface area (Å²) in [5.74, 6) is -0.977. The highest BCUT2D eigenvalue weighted by Gasteiger charge is 2.17. The van der Waals surface area contributed by atoms with Crippen LogP contribution in [-0.2, 0) is 11.2 Å². The van der Waals surface area contributed by atoms with Crippen molar-refractivity contribution in [1.82, 2.24) is 10.4 Å². The van der Waals surface area contributed by atoms with Gasteiger partial charge in [0, 0.05) is 22.0 Å². The lowest BCUT2D eigenvalue weighted by molar-refractivity contribution is -0.385. The Hall–Kier alpha value is -2.52. The number of hydrogen-bond donors (Lipinski definition) is 2. The number of nitrogens with zero attached hydrogens (tertiary/aromatic N) is 3. The normalized spacial score (nSPS) is 10.9. The predicted octanol–water partition coefficient (Wildman–Crippen LogP) is 2.41. The van der Waals surface area contributed by atoms with Crippen LogP contribution in [0.2, 0.25) is 5.02 Å². The monoisotopic (exact) mass is 354 g/mol. The zero-order valence-corrected chi connectivity index (χ0v) is 13.4. The Morgan fingerprint density at radius 3 is 2.96 bits per heavy atom. The minimum atomic E-state index is -0.762. The first-order valence-electron chi connectivity index (χ1n) is 6.26. The minimum absolute atomic E-state index is 0.0222. The third-order valence-corrected chi connectivity index (χ3v) is 3.72. The van der Waals surface area contributed by atoms with Crippen LogP contribution >= 0.6 is 22.9 Å². The zero-order chi connectivity index (χ0) is 17.0. The summed E-state index contributed by atoms with van der Waals surface area (Å²) in [6.45, 7) is 1.83. The van der Waals surface area contributed by atoms with Crippen LogP contribution in [0, 0.1) is 17.0 Å². The molecule has 0 unspecified atom stereocenters. The molecule has 1 aromatic heterocycles. The molecule has 0 saturated carbocycles. The van der Waals surface area contributed by atoms with Gasteiger partial charge in [0.05, 0.1) is 28.3 Å². The third-order valence-electron chi connectivity index (χ3n) is 2.68. The topological polar surface area (TPSA) is 118 Å². The third kappa shape index (κ3) is 4.47. The summed E-state index contributed by atoms with van der Waals surface area (Å²) in [5.41, 5.74) is 2.37. The summed E-state index contributed by atoms with van der Waals surface area (Å²) in [5, 5.41) is 26.9. The molecule has 120 valence electrons. The fraction of sp³-hybridized carbons (Fsp3) is 0.154. The van der Waals surface area contributed by atoms with Crippen molar-refractivity contribution < 1.29 is 14.8 Å². The SMILES string of the molecule is Cc1nc(CC(=O)N/N=C/c2cc(Cl)cc([N+](=O)[O-])c2O)cs1. The lowest BCUT2D eigenvalue weighted by Crippen LogP contribution is -2.19. The number of amides is 1. The molecule has 1 aromatic carbocycles. The van der Waals surface area contributed by atoms with Crippen molar-refractivity contribution in [2.75, 3.05) is 0 Å². The maximum Gasteiger partial charge on any atom is 0.312 e. The minimum Gasteiger partial charge on any atom is -0.502 e. The number of phenols is 1. The molecule has 0 radical (unpaired) electrons. The van der Waals surface area contributed by atoms with Crippen LogP contribution in [0.15, 0.2) is 22.6 Å². The smallest absolute Gasteiger partial charge is 0.312 e. The summed E-state index contributed by atoms with van der Waals surface area (Å²) in [6, 6.07) is 2.32. The number of thiazole rings is 1. The van der Waals surface area contributed by atoms with Crippen molar-refractivity contribution >= 4 is 40.7 Å². The Morgan fingerprint density at radius 1 is 1.61 bits per heavy atom. The Bertz CT molecular complexity index is 790. The Labute approximate surface area is 139 Å². The quantitative estimate of drug-likeness (QED) is 0.485. The van der Waals surface area contributed by atoms with Crippen LogP contribution in [-0.4, -0.2) is 27.1 Å². The number of halogens is 1. The van der Waals surface area contributed by atoms with Crippen LogP contribution in [0.4, 0.5) is 5.69 Å². The van der Waals surface area contributed by atoms with E-state index >= 15 is 0 Å². The summed E-state index contributed by atoms with van der Waals surface area (Å²) in [7, 11) is 0. The van der Waals surface area contributed by atoms with Crippen LogP contribution < -0.4 is 5.43 Å². The van der Waals surface area contributed by atoms with Gasteiger partial charge in [-0.05, 0) is 13.0 Å². The van der Waals surface area contributed by atoms with Crippen molar-refractivity contribution in [3.05, 3.63) is 48.9 Å². The molecule has 0 fully saturated rings. The van der Waals surface area contributed by atoms with Gasteiger partial charge in [-0.15, -0.1) is 11.3 Å². The summed E-state index contributed by atoms with van der Waals surface area (Å²) < 4.78 is 0. The van der Waals surface area contributed by atoms with Gasteiger partial charge in [-0.25, -0.2) is 10.4 Å². The number of phenolic OH excluding ortho intramolecular Hbond substituents is 1. The molecule has 10 heteroatoms. The molecule has 0 aliphatic heterocycles. The van der Waals surface area contributed by atoms with Gasteiger partial charge in [0.2, 0.25) is 11.7 Å². The molecule has 2 rings (SSSR count). The fourth-order valence-corrected chi connectivity index (χ4v) is 2.54. The van der Waals surface area contributed by atoms with Crippen LogP contribution in [0.5, 0.6) is 5.75 Å². The van der Waals surface area contributed by atoms with E-state index in [-0.39, 0.29) is 17.0 Å². The molecule has 2 aromatic rings. The fourth-order valence-electron chi connectivity index (χ4n) is 1.71. The molecule has 0 aliphatic carbocycles. The van der Waals surface area contributed by atoms with Gasteiger partial charge in [-0.1, -0.05) is 11.6 Å². The molecule has 1 amide bonds. The van der Waals surface area contributed by atoms with E-state index in [4.69, 9.17) is 11.6 Å². The van der Waals surface area contributed by atoms with E-state index in [0.717, 1.165) is 17.3 Å². The number of carbonyl (C=O) groups excluding carboxylic acids is 1. The van der Waals surface area contributed by atoms with Crippen molar-refractivity contribution in [2.45, 2.75) is 13.3 Å². The van der Waals surface area contributed by atoms with E-state index < -0.39 is 22.3 Å². The van der Waals surface area contributed by atoms with Gasteiger partial charge in [0.25, 0.3) is 0 Å². The average molecular weight is 355 g/mol. The van der Waals surface area contributed by atoms with Crippen molar-refractivity contribution in [2.24, 2.45) is 5.10 Å². The number of benzene rings is 1. The lowest BCUT2D eigenvalue weighted by atomic mass is 10.2. The van der Waals surface area contributed by atoms with Crippen molar-refractivity contribution in [1.29, 1.82) is 0 Å². The molecule has 0 spiro atoms. The van der Waals surface area contributed by atoms with Gasteiger partial charge in [0.1, 0.15) is 0 Å². The first kappa shape index (κ1) is 16.8. The van der Waals surface area contributed by atoms with E-state index in [1.54, 1.807) is 5.38 Å². The number of nitro groups is 1. The Kier molecular flexibility index (Phi) is 5.24. The Morgan fingerprint density at radius 2 is 2.35 bits per heavy atom. The van der Waals surface area contributed by atoms with Gasteiger partial charge >= 0.3 is 5.69 Å². The number of nitro benzene ring substituents is 1. The van der Waals surface area contributed by atoms with E-state index in [0.29, 0.717) is 5.69 Å². The van der Waals surface area contributed by atoms with Crippen LogP contribution in [0.3, 0.4) is 0 Å². The molecule has 23 heavy (non-hydrogen) atoms. The van der Waals surface area contributed by atoms with Crippen LogP contribution in [0.1, 0.15) is 16.3 Å². The summed E-state index contributed by atoms with van der Waals surface area (Å²) in [4.78, 5) is 25.8. The van der Waals surface area contributed by atoms with Crippen molar-refractivity contribution in [3.8, 4) is 5.75 Å². The first-order chi connectivity index (χ1) is 10.9. The number of hydrogen-bond acceptors (Lipinski definition) is 7. The zero-order valence-electron chi connectivity index (χ0n) is 11.8. The highest BCUT2D eigenvalue weighted by molar-refractivity contribution is 7.09. The maximum absolute atomic E-state index is 11.7. The second-order valence-corrected chi connectivity index (χ2v) is 5.95. The molecule has 0 saturated heterocycles. The lowest BCUT2D eigenvalue weighted by Gasteiger charge is -2.02. The number of hydrazone groups is 1. The predicted molar refractivity (Wildman–Crippen MR) is 86.1 cm³/mol. The van der Waals surface area contributed by atoms with E-state index in [9.17, 15) is 20.0 Å². The molecule has 0 aliphatic rings. The maximum atomic E-state index is 11.7. The molecular formula is C13H11ClN4O4S. The number of aromatic hydroxyl groups is 1. The molecule has 2 N–H and O–H groups in total. The largest absolute Gasteiger partial charge is 0.502 e. The summed E-state index contributed by atoms with van der Waals surface area (Å²) in [6.07, 6.45) is 1.14. The Balaban J connectivity index is 2.05. The standard InChI is InChI=1S/C13H11ClN4O4S/c1-7-16-10(6-23-7)4-12(19)17-15-5-8-2-9(14)3-11(13(8)20)18(21)22/h2-3,5-6,20H,4H2,1H3,(H,17,19)/b15-5+. The summed E-state index contributed by atoms with van der Waals surface area (Å²) >= 11 is 7.18. The molecule has 1 heterocycles. The second-order valence-electron chi connectivity index (χ2n) is 4.45. The van der Waals surface area contributed by atoms with E-state index in [1.807, 2.05) is 6.92 Å². The molecule has 0 bridgehead atoms. The van der Waals surface area contributed by atoms with E-state index in [1.165, 1.54) is 17.4 Å². The number of rotatable bonds is 5. The number of aromatic nitrogens is 1. The number of aryl methyl sites for hydroxylation is 1. The van der Waals surface area contributed by atoms with Crippen molar-refractivity contribution in [3.63, 3.8) is 0 Å². The number of nitrogens with one attached hydrogen (secondary N) is 1. The second kappa shape index (κ2) is 7.16. The van der Waals surface area contributed by atoms with Gasteiger partial charge in [-0.3, -0.25) is 14.9 Å². The molecule has 8 nitrogen and oxygen atoms in total. The van der Waals surface area contributed by atoms with Gasteiger partial charge in [-0.2, -0.15) is 5.10 Å². The van der Waals surface area contributed by atoms with Gasteiger partial charge < -0.3 is 5.11 Å². The van der Waals surface area contributed by atoms with Gasteiger partial charge in [0.15, 0.2) is 0 Å². The average Bonchev–Trinajstić information content (AvgIpc) is 2.87. The molecule has 0 atom stereocenters. The first-order valence-corrected chi connectivity index (χ1v) is 7.52. The molecular weight excluding hydrogens is 344 g/mol. The van der Waals surface area contributed by atoms with Crippen LogP contribution in [0.25, 0.3) is 0 Å².